The van der Waals surface area contributed by atoms with E-state index in [1.807, 2.05) is 11.8 Å². The Labute approximate surface area is 83.4 Å². The third kappa shape index (κ3) is 4.38. The molecule has 76 valence electrons. The molecule has 1 aliphatic rings. The maximum absolute atomic E-state index is 10.8. The SMILES string of the molecule is CNC(=O)NCCN1CCSCC1. The summed E-state index contributed by atoms with van der Waals surface area (Å²) in [6.07, 6.45) is 0. The first-order valence-corrected chi connectivity index (χ1v) is 5.74. The van der Waals surface area contributed by atoms with Crippen LogP contribution < -0.4 is 10.6 Å². The zero-order valence-electron chi connectivity index (χ0n) is 8.01. The molecule has 4 nitrogen and oxygen atoms in total. The fourth-order valence-corrected chi connectivity index (χ4v) is 2.22. The predicted octanol–water partition coefficient (Wildman–Crippen LogP) is -0.0358. The van der Waals surface area contributed by atoms with Crippen LogP contribution in [0.25, 0.3) is 0 Å². The van der Waals surface area contributed by atoms with Crippen molar-refractivity contribution in [2.24, 2.45) is 0 Å². The molecule has 0 aliphatic carbocycles. The van der Waals surface area contributed by atoms with Crippen LogP contribution in [0.4, 0.5) is 4.79 Å². The molecule has 1 aliphatic heterocycles. The summed E-state index contributed by atoms with van der Waals surface area (Å²) < 4.78 is 0. The van der Waals surface area contributed by atoms with Crippen LogP contribution in [-0.4, -0.2) is 55.7 Å². The first kappa shape index (κ1) is 10.7. The second-order valence-electron chi connectivity index (χ2n) is 2.96. The highest BCUT2D eigenvalue weighted by Gasteiger charge is 2.09. The minimum Gasteiger partial charge on any atom is -0.341 e. The summed E-state index contributed by atoms with van der Waals surface area (Å²) in [6, 6.07) is -0.0913. The van der Waals surface area contributed by atoms with E-state index >= 15 is 0 Å². The van der Waals surface area contributed by atoms with Crippen LogP contribution in [0, 0.1) is 0 Å². The lowest BCUT2D eigenvalue weighted by Crippen LogP contribution is -2.41. The van der Waals surface area contributed by atoms with Crippen LogP contribution in [0.3, 0.4) is 0 Å². The van der Waals surface area contributed by atoms with Gasteiger partial charge < -0.3 is 10.6 Å². The van der Waals surface area contributed by atoms with Crippen LogP contribution in [0.5, 0.6) is 0 Å². The Hall–Kier alpha value is -0.420. The lowest BCUT2D eigenvalue weighted by atomic mass is 10.4. The first-order chi connectivity index (χ1) is 6.33. The van der Waals surface area contributed by atoms with Crippen molar-refractivity contribution in [3.63, 3.8) is 0 Å². The molecule has 1 heterocycles. The van der Waals surface area contributed by atoms with Crippen LogP contribution >= 0.6 is 11.8 Å². The number of carbonyl (C=O) groups is 1. The molecule has 1 rings (SSSR count). The van der Waals surface area contributed by atoms with Crippen LogP contribution in [-0.2, 0) is 0 Å². The molecule has 0 aromatic heterocycles. The van der Waals surface area contributed by atoms with Gasteiger partial charge in [0.05, 0.1) is 0 Å². The molecule has 0 spiro atoms. The van der Waals surface area contributed by atoms with Gasteiger partial charge in [-0.25, -0.2) is 4.79 Å². The van der Waals surface area contributed by atoms with Gasteiger partial charge >= 0.3 is 6.03 Å². The number of hydrogen-bond donors (Lipinski definition) is 2. The van der Waals surface area contributed by atoms with Crippen molar-refractivity contribution in [3.8, 4) is 0 Å². The Morgan fingerprint density at radius 3 is 2.77 bits per heavy atom. The molecule has 0 bridgehead atoms. The van der Waals surface area contributed by atoms with Gasteiger partial charge in [-0.1, -0.05) is 0 Å². The molecule has 2 N–H and O–H groups in total. The molecule has 5 heteroatoms. The van der Waals surface area contributed by atoms with Gasteiger partial charge in [0.2, 0.25) is 0 Å². The maximum atomic E-state index is 10.8. The molecule has 1 fully saturated rings. The van der Waals surface area contributed by atoms with E-state index in [0.717, 1.165) is 26.2 Å². The van der Waals surface area contributed by atoms with Crippen molar-refractivity contribution >= 4 is 17.8 Å². The van der Waals surface area contributed by atoms with Crippen molar-refractivity contribution in [3.05, 3.63) is 0 Å². The van der Waals surface area contributed by atoms with Gasteiger partial charge in [0.15, 0.2) is 0 Å². The molecule has 0 saturated carbocycles. The number of nitrogens with one attached hydrogen (secondary N) is 2. The number of hydrogen-bond acceptors (Lipinski definition) is 3. The van der Waals surface area contributed by atoms with Crippen LogP contribution in [0.15, 0.2) is 0 Å². The molecular weight excluding hydrogens is 186 g/mol. The van der Waals surface area contributed by atoms with Gasteiger partial charge in [0, 0.05) is 44.7 Å². The topological polar surface area (TPSA) is 44.4 Å². The number of carbonyl (C=O) groups excluding carboxylic acids is 1. The van der Waals surface area contributed by atoms with E-state index in [1.165, 1.54) is 11.5 Å². The van der Waals surface area contributed by atoms with E-state index in [9.17, 15) is 4.79 Å². The third-order valence-corrected chi connectivity index (χ3v) is 2.99. The molecule has 0 aromatic carbocycles. The van der Waals surface area contributed by atoms with Crippen LogP contribution in [0.1, 0.15) is 0 Å². The van der Waals surface area contributed by atoms with Crippen molar-refractivity contribution in [2.45, 2.75) is 0 Å². The van der Waals surface area contributed by atoms with Crippen molar-refractivity contribution in [1.29, 1.82) is 0 Å². The average molecular weight is 203 g/mol. The van der Waals surface area contributed by atoms with Gasteiger partial charge in [-0.05, 0) is 0 Å². The smallest absolute Gasteiger partial charge is 0.314 e. The summed E-state index contributed by atoms with van der Waals surface area (Å²) in [7, 11) is 1.63. The Bertz CT molecular complexity index is 159. The van der Waals surface area contributed by atoms with Gasteiger partial charge in [-0.3, -0.25) is 4.90 Å². The summed E-state index contributed by atoms with van der Waals surface area (Å²) >= 11 is 2.00. The summed E-state index contributed by atoms with van der Waals surface area (Å²) in [4.78, 5) is 13.2. The second kappa shape index (κ2) is 6.10. The fraction of sp³-hybridized carbons (Fsp3) is 0.875. The molecule has 1 saturated heterocycles. The summed E-state index contributed by atoms with van der Waals surface area (Å²) in [5, 5.41) is 5.31. The minimum absolute atomic E-state index is 0.0913. The van der Waals surface area contributed by atoms with Gasteiger partial charge in [-0.2, -0.15) is 11.8 Å². The number of amides is 2. The standard InChI is InChI=1S/C8H17N3OS/c1-9-8(12)10-2-3-11-4-6-13-7-5-11/h2-7H2,1H3,(H2,9,10,12). The summed E-state index contributed by atoms with van der Waals surface area (Å²) in [5.41, 5.74) is 0. The van der Waals surface area contributed by atoms with Crippen molar-refractivity contribution in [1.82, 2.24) is 15.5 Å². The second-order valence-corrected chi connectivity index (χ2v) is 4.18. The summed E-state index contributed by atoms with van der Waals surface area (Å²) in [5.74, 6) is 2.44. The zero-order valence-corrected chi connectivity index (χ0v) is 8.82. The monoisotopic (exact) mass is 203 g/mol. The van der Waals surface area contributed by atoms with Gasteiger partial charge in [0.25, 0.3) is 0 Å². The maximum Gasteiger partial charge on any atom is 0.314 e. The Balaban J connectivity index is 2.01. The molecular formula is C8H17N3OS. The summed E-state index contributed by atoms with van der Waals surface area (Å²) in [6.45, 7) is 4.01. The van der Waals surface area contributed by atoms with Gasteiger partial charge in [-0.15, -0.1) is 0 Å². The lowest BCUT2D eigenvalue weighted by molar-refractivity contribution is 0.239. The number of rotatable bonds is 3. The molecule has 0 unspecified atom stereocenters. The highest BCUT2D eigenvalue weighted by Crippen LogP contribution is 2.07. The highest BCUT2D eigenvalue weighted by atomic mass is 32.2. The van der Waals surface area contributed by atoms with Gasteiger partial charge in [0.1, 0.15) is 0 Å². The molecule has 2 amide bonds. The van der Waals surface area contributed by atoms with Crippen LogP contribution in [0.2, 0.25) is 0 Å². The molecule has 13 heavy (non-hydrogen) atoms. The Morgan fingerprint density at radius 2 is 2.15 bits per heavy atom. The lowest BCUT2D eigenvalue weighted by Gasteiger charge is -2.25. The van der Waals surface area contributed by atoms with Crippen molar-refractivity contribution in [2.75, 3.05) is 44.7 Å². The van der Waals surface area contributed by atoms with E-state index in [-0.39, 0.29) is 6.03 Å². The Morgan fingerprint density at radius 1 is 1.46 bits per heavy atom. The number of urea groups is 1. The fourth-order valence-electron chi connectivity index (χ4n) is 1.24. The number of nitrogens with zero attached hydrogens (tertiary/aromatic N) is 1. The first-order valence-electron chi connectivity index (χ1n) is 4.58. The molecule has 0 radical (unpaired) electrons. The van der Waals surface area contributed by atoms with E-state index in [2.05, 4.69) is 15.5 Å². The van der Waals surface area contributed by atoms with E-state index < -0.39 is 0 Å². The van der Waals surface area contributed by atoms with Crippen molar-refractivity contribution < 1.29 is 4.79 Å². The van der Waals surface area contributed by atoms with E-state index in [4.69, 9.17) is 0 Å². The molecule has 0 aromatic rings. The average Bonchev–Trinajstić information content (AvgIpc) is 2.19. The highest BCUT2D eigenvalue weighted by molar-refractivity contribution is 7.99. The largest absolute Gasteiger partial charge is 0.341 e. The zero-order chi connectivity index (χ0) is 9.52. The molecule has 0 atom stereocenters. The normalized spacial score (nSPS) is 18.2. The Kier molecular flexibility index (Phi) is 5.00. The van der Waals surface area contributed by atoms with E-state index in [0.29, 0.717) is 0 Å². The van der Waals surface area contributed by atoms with E-state index in [1.54, 1.807) is 7.05 Å². The quantitative estimate of drug-likeness (QED) is 0.677. The third-order valence-electron chi connectivity index (χ3n) is 2.04. The predicted molar refractivity (Wildman–Crippen MR) is 56.2 cm³/mol. The number of thioether (sulfide) groups is 1. The minimum atomic E-state index is -0.0913.